The summed E-state index contributed by atoms with van der Waals surface area (Å²) in [4.78, 5) is 10.9. The number of benzene rings is 9. The number of nitrogens with one attached hydrogen (secondary N) is 1. The molecule has 0 saturated heterocycles. The molecule has 61 heavy (non-hydrogen) atoms. The molecular weight excluding hydrogens is 781 g/mol. The van der Waals surface area contributed by atoms with Gasteiger partial charge in [-0.1, -0.05) is 133 Å². The molecular formula is C55H34N4S2. The van der Waals surface area contributed by atoms with Gasteiger partial charge < -0.3 is 9.88 Å². The summed E-state index contributed by atoms with van der Waals surface area (Å²) in [6.45, 7) is 0. The van der Waals surface area contributed by atoms with E-state index in [4.69, 9.17) is 9.98 Å². The van der Waals surface area contributed by atoms with Crippen LogP contribution in [0.2, 0.25) is 0 Å². The molecule has 3 aromatic heterocycles. The fourth-order valence-corrected chi connectivity index (χ4v) is 11.7. The molecule has 4 nitrogen and oxygen atoms in total. The lowest BCUT2D eigenvalue weighted by Gasteiger charge is -2.25. The van der Waals surface area contributed by atoms with Gasteiger partial charge in [0.1, 0.15) is 12.0 Å². The average molecular weight is 815 g/mol. The minimum absolute atomic E-state index is 0.335. The van der Waals surface area contributed by atoms with E-state index in [1.165, 1.54) is 78.5 Å². The van der Waals surface area contributed by atoms with Gasteiger partial charge in [-0.05, 0) is 88.1 Å². The van der Waals surface area contributed by atoms with Crippen LogP contribution in [-0.2, 0) is 0 Å². The minimum atomic E-state index is -0.335. The second-order valence-electron chi connectivity index (χ2n) is 15.8. The van der Waals surface area contributed by atoms with E-state index in [1.807, 2.05) is 22.7 Å². The van der Waals surface area contributed by atoms with Crippen LogP contribution in [0.25, 0.3) is 89.7 Å². The van der Waals surface area contributed by atoms with Crippen molar-refractivity contribution >= 4 is 107 Å². The summed E-state index contributed by atoms with van der Waals surface area (Å²) in [6, 6.07) is 70.4. The van der Waals surface area contributed by atoms with Crippen LogP contribution in [0.5, 0.6) is 0 Å². The van der Waals surface area contributed by atoms with Gasteiger partial charge in [-0.15, -0.1) is 22.7 Å². The van der Waals surface area contributed by atoms with E-state index in [2.05, 4.69) is 204 Å². The van der Waals surface area contributed by atoms with Crippen molar-refractivity contribution in [2.24, 2.45) is 9.98 Å². The highest BCUT2D eigenvalue weighted by Gasteiger charge is 2.25. The predicted octanol–water partition coefficient (Wildman–Crippen LogP) is 14.8. The summed E-state index contributed by atoms with van der Waals surface area (Å²) in [5.74, 6) is 1.51. The number of aromatic nitrogens is 1. The monoisotopic (exact) mass is 814 g/mol. The van der Waals surface area contributed by atoms with Gasteiger partial charge in [0, 0.05) is 67.9 Å². The maximum Gasteiger partial charge on any atom is 0.160 e. The second-order valence-corrected chi connectivity index (χ2v) is 17.9. The Morgan fingerprint density at radius 2 is 1.13 bits per heavy atom. The van der Waals surface area contributed by atoms with Crippen molar-refractivity contribution < 1.29 is 0 Å². The Kier molecular flexibility index (Phi) is 7.67. The molecule has 6 heteroatoms. The fourth-order valence-electron chi connectivity index (χ4n) is 9.42. The van der Waals surface area contributed by atoms with Gasteiger partial charge in [0.2, 0.25) is 0 Å². The van der Waals surface area contributed by atoms with Crippen LogP contribution in [0.15, 0.2) is 204 Å². The first-order valence-corrected chi connectivity index (χ1v) is 22.2. The van der Waals surface area contributed by atoms with Crippen LogP contribution < -0.4 is 5.32 Å². The Balaban J connectivity index is 1.08. The molecule has 13 rings (SSSR count). The van der Waals surface area contributed by atoms with Crippen LogP contribution in [0.3, 0.4) is 0 Å². The third-order valence-electron chi connectivity index (χ3n) is 12.2. The molecule has 9 aromatic carbocycles. The zero-order valence-corrected chi connectivity index (χ0v) is 34.3. The maximum atomic E-state index is 5.46. The SMILES string of the molecule is c1ccc(C2N=C(c3ccc(-n4c5ccccc5c5cc6ccccc6cc54)cc3-c3cccc4sc5ccccc5c34)N=C(c3ccc4c(c3)sc3ccccc34)N2)cc1. The molecule has 0 spiro atoms. The lowest BCUT2D eigenvalue weighted by Crippen LogP contribution is -2.33. The molecule has 4 heterocycles. The van der Waals surface area contributed by atoms with Crippen molar-refractivity contribution in [3.8, 4) is 16.8 Å². The first-order chi connectivity index (χ1) is 30.2. The number of thiophene rings is 2. The highest BCUT2D eigenvalue weighted by atomic mass is 32.1. The Morgan fingerprint density at radius 3 is 2.00 bits per heavy atom. The predicted molar refractivity (Wildman–Crippen MR) is 261 cm³/mol. The van der Waals surface area contributed by atoms with Crippen molar-refractivity contribution in [1.82, 2.24) is 9.88 Å². The number of amidine groups is 2. The summed E-state index contributed by atoms with van der Waals surface area (Å²) in [7, 11) is 0. The van der Waals surface area contributed by atoms with Crippen LogP contribution >= 0.6 is 22.7 Å². The third kappa shape index (κ3) is 5.50. The number of para-hydroxylation sites is 1. The Bertz CT molecular complexity index is 3810. The van der Waals surface area contributed by atoms with E-state index in [-0.39, 0.29) is 6.17 Å². The molecule has 286 valence electrons. The normalized spacial score (nSPS) is 14.4. The van der Waals surface area contributed by atoms with Crippen LogP contribution in [-0.4, -0.2) is 16.2 Å². The van der Waals surface area contributed by atoms with E-state index >= 15 is 0 Å². The molecule has 0 amide bonds. The maximum absolute atomic E-state index is 5.46. The lowest BCUT2D eigenvalue weighted by atomic mass is 9.94. The van der Waals surface area contributed by atoms with E-state index in [0.717, 1.165) is 33.8 Å². The summed E-state index contributed by atoms with van der Waals surface area (Å²) in [6.07, 6.45) is -0.335. The van der Waals surface area contributed by atoms with Gasteiger partial charge in [0.05, 0.1) is 11.0 Å². The number of fused-ring (bicyclic) bond motifs is 10. The Labute approximate surface area is 359 Å². The summed E-state index contributed by atoms with van der Waals surface area (Å²) in [5, 5.41) is 13.7. The van der Waals surface area contributed by atoms with Gasteiger partial charge in [-0.25, -0.2) is 9.98 Å². The molecule has 0 aliphatic carbocycles. The van der Waals surface area contributed by atoms with Gasteiger partial charge in [-0.2, -0.15) is 0 Å². The highest BCUT2D eigenvalue weighted by molar-refractivity contribution is 7.26. The van der Waals surface area contributed by atoms with Gasteiger partial charge in [0.25, 0.3) is 0 Å². The molecule has 0 saturated carbocycles. The van der Waals surface area contributed by atoms with Crippen LogP contribution in [0.1, 0.15) is 22.9 Å². The first-order valence-electron chi connectivity index (χ1n) is 20.6. The van der Waals surface area contributed by atoms with Crippen molar-refractivity contribution in [1.29, 1.82) is 0 Å². The lowest BCUT2D eigenvalue weighted by molar-refractivity contribution is 0.674. The zero-order valence-electron chi connectivity index (χ0n) is 32.7. The smallest absolute Gasteiger partial charge is 0.160 e. The van der Waals surface area contributed by atoms with Crippen LogP contribution in [0, 0.1) is 0 Å². The number of hydrogen-bond acceptors (Lipinski definition) is 5. The summed E-state index contributed by atoms with van der Waals surface area (Å²) in [5.41, 5.74) is 8.80. The number of hydrogen-bond donors (Lipinski definition) is 1. The van der Waals surface area contributed by atoms with Gasteiger partial charge in [0.15, 0.2) is 5.84 Å². The Morgan fingerprint density at radius 1 is 0.443 bits per heavy atom. The van der Waals surface area contributed by atoms with E-state index in [1.54, 1.807) is 0 Å². The van der Waals surface area contributed by atoms with E-state index < -0.39 is 0 Å². The van der Waals surface area contributed by atoms with E-state index in [0.29, 0.717) is 5.84 Å². The van der Waals surface area contributed by atoms with Crippen LogP contribution in [0.4, 0.5) is 0 Å². The second kappa shape index (κ2) is 13.6. The number of nitrogens with zero attached hydrogens (tertiary/aromatic N) is 3. The first kappa shape index (κ1) is 34.5. The third-order valence-corrected chi connectivity index (χ3v) is 14.5. The average Bonchev–Trinajstić information content (AvgIpc) is 4.00. The minimum Gasteiger partial charge on any atom is -0.344 e. The van der Waals surface area contributed by atoms with Crippen molar-refractivity contribution in [3.05, 3.63) is 211 Å². The van der Waals surface area contributed by atoms with Crippen molar-refractivity contribution in [2.75, 3.05) is 0 Å². The molecule has 1 atom stereocenters. The highest BCUT2D eigenvalue weighted by Crippen LogP contribution is 2.43. The topological polar surface area (TPSA) is 41.7 Å². The molecule has 0 bridgehead atoms. The molecule has 1 unspecified atom stereocenters. The molecule has 0 fully saturated rings. The standard InChI is InChI=1S/C55H34N4S2/c1-2-13-33(14-3-1)53-56-54(36-25-27-40-39-18-7-10-22-48(39)61-51(40)31-36)58-55(57-53)42-28-26-37(32-44(42)41-20-12-24-50-52(41)43-19-8-11-23-49(43)60-50)59-46-21-9-6-17-38(46)45-29-34-15-4-5-16-35(34)30-47(45)59/h1-32,53H,(H,56,57,58). The largest absolute Gasteiger partial charge is 0.344 e. The van der Waals surface area contributed by atoms with Crippen molar-refractivity contribution in [3.63, 3.8) is 0 Å². The van der Waals surface area contributed by atoms with E-state index in [9.17, 15) is 0 Å². The summed E-state index contributed by atoms with van der Waals surface area (Å²) < 4.78 is 7.49. The molecule has 1 aliphatic heterocycles. The van der Waals surface area contributed by atoms with Crippen molar-refractivity contribution in [2.45, 2.75) is 6.17 Å². The molecule has 1 N–H and O–H groups in total. The zero-order chi connectivity index (χ0) is 40.0. The number of aliphatic imine (C=N–C) groups is 2. The summed E-state index contributed by atoms with van der Waals surface area (Å²) >= 11 is 3.67. The molecule has 0 radical (unpaired) electrons. The van der Waals surface area contributed by atoms with Gasteiger partial charge in [-0.3, -0.25) is 0 Å². The Hall–Kier alpha value is -7.38. The van der Waals surface area contributed by atoms with Gasteiger partial charge >= 0.3 is 0 Å². The molecule has 1 aliphatic rings. The number of rotatable bonds is 5. The quantitative estimate of drug-likeness (QED) is 0.185. The fraction of sp³-hybridized carbons (Fsp3) is 0.0182. The molecule has 12 aromatic rings.